The highest BCUT2D eigenvalue weighted by atomic mass is 32.2. The smallest absolute Gasteiger partial charge is 0.240 e. The summed E-state index contributed by atoms with van der Waals surface area (Å²) in [5, 5.41) is 0. The van der Waals surface area contributed by atoms with E-state index in [0.29, 0.717) is 5.75 Å². The number of fused-ring (bicyclic) bond motifs is 1. The molecule has 1 aliphatic rings. The van der Waals surface area contributed by atoms with Crippen LogP contribution >= 0.6 is 0 Å². The lowest BCUT2D eigenvalue weighted by Crippen LogP contribution is -2.40. The second-order valence-electron chi connectivity index (χ2n) is 8.52. The normalized spacial score (nSPS) is 15.0. The van der Waals surface area contributed by atoms with Crippen LogP contribution in [0.4, 0.5) is 5.69 Å². The molecule has 0 bridgehead atoms. The minimum absolute atomic E-state index is 0.0809. The maximum atomic E-state index is 13.0. The van der Waals surface area contributed by atoms with E-state index in [2.05, 4.69) is 63.1 Å². The number of sulfonamides is 1. The topological polar surface area (TPSA) is 61.9 Å². The first-order chi connectivity index (χ1) is 15.9. The van der Waals surface area contributed by atoms with Crippen molar-refractivity contribution in [3.05, 3.63) is 89.5 Å². The molecule has 0 unspecified atom stereocenters. The Kier molecular flexibility index (Phi) is 7.02. The van der Waals surface area contributed by atoms with E-state index in [-0.39, 0.29) is 17.5 Å². The van der Waals surface area contributed by atoms with Gasteiger partial charge in [-0.25, -0.2) is 13.1 Å². The zero-order valence-corrected chi connectivity index (χ0v) is 20.2. The number of anilines is 1. The molecule has 1 heterocycles. The summed E-state index contributed by atoms with van der Waals surface area (Å²) < 4.78 is 34.0. The molecule has 3 aromatic carbocycles. The van der Waals surface area contributed by atoms with Crippen LogP contribution in [0.2, 0.25) is 0 Å². The van der Waals surface area contributed by atoms with Crippen LogP contribution in [0.1, 0.15) is 22.7 Å². The molecule has 0 saturated carbocycles. The largest absolute Gasteiger partial charge is 0.497 e. The van der Waals surface area contributed by atoms with Gasteiger partial charge in [-0.3, -0.25) is 4.90 Å². The van der Waals surface area contributed by atoms with E-state index < -0.39 is 10.0 Å². The molecular formula is C26H31N3O3S. The zero-order valence-electron chi connectivity index (χ0n) is 19.4. The molecule has 33 heavy (non-hydrogen) atoms. The number of hydrogen-bond donors (Lipinski definition) is 1. The molecule has 0 fully saturated rings. The van der Waals surface area contributed by atoms with Crippen molar-refractivity contribution in [1.82, 2.24) is 9.62 Å². The fraction of sp³-hybridized carbons (Fsp3) is 0.308. The third-order valence-corrected chi connectivity index (χ3v) is 7.67. The molecule has 0 aromatic heterocycles. The summed E-state index contributed by atoms with van der Waals surface area (Å²) in [7, 11) is 1.93. The van der Waals surface area contributed by atoms with Crippen LogP contribution < -0.4 is 14.4 Å². The van der Waals surface area contributed by atoms with Gasteiger partial charge >= 0.3 is 0 Å². The van der Waals surface area contributed by atoms with Crippen molar-refractivity contribution < 1.29 is 13.2 Å². The highest BCUT2D eigenvalue weighted by molar-refractivity contribution is 7.89. The number of methoxy groups -OCH3 is 1. The molecule has 0 spiro atoms. The summed E-state index contributed by atoms with van der Waals surface area (Å²) in [5.41, 5.74) is 4.88. The molecule has 3 aromatic rings. The number of nitrogens with one attached hydrogen (secondary N) is 1. The maximum Gasteiger partial charge on any atom is 0.240 e. The molecule has 174 valence electrons. The van der Waals surface area contributed by atoms with Crippen molar-refractivity contribution in [1.29, 1.82) is 0 Å². The van der Waals surface area contributed by atoms with E-state index in [0.717, 1.165) is 30.8 Å². The Morgan fingerprint density at radius 1 is 0.970 bits per heavy atom. The van der Waals surface area contributed by atoms with Gasteiger partial charge in [0.1, 0.15) is 5.75 Å². The monoisotopic (exact) mass is 465 g/mol. The summed E-state index contributed by atoms with van der Waals surface area (Å²) in [6, 6.07) is 23.2. The molecule has 6 nitrogen and oxygen atoms in total. The number of rotatable bonds is 8. The fourth-order valence-electron chi connectivity index (χ4n) is 4.26. The molecule has 1 atom stereocenters. The van der Waals surface area contributed by atoms with Crippen molar-refractivity contribution in [3.8, 4) is 5.75 Å². The van der Waals surface area contributed by atoms with E-state index in [4.69, 9.17) is 4.74 Å². The molecular weight excluding hydrogens is 434 g/mol. The molecule has 4 rings (SSSR count). The zero-order chi connectivity index (χ0) is 23.4. The predicted octanol–water partition coefficient (Wildman–Crippen LogP) is 3.84. The molecule has 0 saturated heterocycles. The first-order valence-corrected chi connectivity index (χ1v) is 12.6. The van der Waals surface area contributed by atoms with Crippen molar-refractivity contribution in [3.63, 3.8) is 0 Å². The lowest BCUT2D eigenvalue weighted by molar-refractivity contribution is 0.180. The average molecular weight is 466 g/mol. The predicted molar refractivity (Wildman–Crippen MR) is 132 cm³/mol. The van der Waals surface area contributed by atoms with Crippen LogP contribution in [0.15, 0.2) is 77.7 Å². The van der Waals surface area contributed by atoms with E-state index >= 15 is 0 Å². The highest BCUT2D eigenvalue weighted by Crippen LogP contribution is 2.29. The van der Waals surface area contributed by atoms with Crippen molar-refractivity contribution in [2.45, 2.75) is 23.9 Å². The Hall–Kier alpha value is -2.87. The number of ether oxygens (including phenoxy) is 1. The molecule has 1 N–H and O–H groups in total. The Bertz CT molecular complexity index is 1180. The summed E-state index contributed by atoms with van der Waals surface area (Å²) >= 11 is 0. The summed E-state index contributed by atoms with van der Waals surface area (Å²) in [5.74, 6) is 0.625. The minimum atomic E-state index is -3.65. The number of nitrogens with zero attached hydrogens (tertiary/aromatic N) is 2. The fourth-order valence-corrected chi connectivity index (χ4v) is 5.30. The number of hydrogen-bond acceptors (Lipinski definition) is 5. The lowest BCUT2D eigenvalue weighted by atomic mass is 9.96. The summed E-state index contributed by atoms with van der Waals surface area (Å²) in [4.78, 5) is 4.65. The first kappa shape index (κ1) is 23.3. The molecule has 0 amide bonds. The third-order valence-electron chi connectivity index (χ3n) is 6.23. The van der Waals surface area contributed by atoms with E-state index in [9.17, 15) is 8.42 Å². The Morgan fingerprint density at radius 2 is 1.64 bits per heavy atom. The van der Waals surface area contributed by atoms with Gasteiger partial charge in [0.2, 0.25) is 10.0 Å². The van der Waals surface area contributed by atoms with Crippen LogP contribution in [-0.4, -0.2) is 47.6 Å². The summed E-state index contributed by atoms with van der Waals surface area (Å²) in [6.07, 6.45) is 0.952. The van der Waals surface area contributed by atoms with Gasteiger partial charge in [-0.2, -0.15) is 0 Å². The van der Waals surface area contributed by atoms with E-state index in [1.165, 1.54) is 11.1 Å². The number of benzene rings is 3. The van der Waals surface area contributed by atoms with Crippen LogP contribution in [0.3, 0.4) is 0 Å². The quantitative estimate of drug-likeness (QED) is 0.548. The van der Waals surface area contributed by atoms with Crippen LogP contribution in [-0.2, 0) is 23.0 Å². The standard InChI is InChI=1S/C26H31N3O3S/c1-28(2)23-10-8-21(9-11-23)26(29-17-16-20-6-4-5-7-22(20)19-29)18-27-33(30,31)25-14-12-24(32-3)13-15-25/h4-15,26-27H,16-19H2,1-3H3/t26-/m1/s1. The van der Waals surface area contributed by atoms with Crippen LogP contribution in [0, 0.1) is 0 Å². The van der Waals surface area contributed by atoms with Crippen LogP contribution in [0.25, 0.3) is 0 Å². The average Bonchev–Trinajstić information content (AvgIpc) is 2.84. The second-order valence-corrected chi connectivity index (χ2v) is 10.3. The van der Waals surface area contributed by atoms with Gasteiger partial charge in [-0.15, -0.1) is 0 Å². The molecule has 0 aliphatic carbocycles. The van der Waals surface area contributed by atoms with Crippen LogP contribution in [0.5, 0.6) is 5.75 Å². The minimum Gasteiger partial charge on any atom is -0.497 e. The van der Waals surface area contributed by atoms with Gasteiger partial charge in [0.15, 0.2) is 0 Å². The van der Waals surface area contributed by atoms with Gasteiger partial charge in [-0.05, 0) is 59.5 Å². The molecule has 1 aliphatic heterocycles. The van der Waals surface area contributed by atoms with Crippen molar-refractivity contribution in [2.75, 3.05) is 39.2 Å². The van der Waals surface area contributed by atoms with Gasteiger partial charge < -0.3 is 9.64 Å². The first-order valence-electron chi connectivity index (χ1n) is 11.1. The Morgan fingerprint density at radius 3 is 2.27 bits per heavy atom. The molecule has 0 radical (unpaired) electrons. The van der Waals surface area contributed by atoms with Gasteiger partial charge in [0.05, 0.1) is 12.0 Å². The highest BCUT2D eigenvalue weighted by Gasteiger charge is 2.27. The van der Waals surface area contributed by atoms with Gasteiger partial charge in [0, 0.05) is 45.5 Å². The third kappa shape index (κ3) is 5.38. The Labute approximate surface area is 196 Å². The van der Waals surface area contributed by atoms with Gasteiger partial charge in [0.25, 0.3) is 0 Å². The van der Waals surface area contributed by atoms with E-state index in [1.807, 2.05) is 14.1 Å². The van der Waals surface area contributed by atoms with Crippen molar-refractivity contribution >= 4 is 15.7 Å². The molecule has 7 heteroatoms. The van der Waals surface area contributed by atoms with E-state index in [1.54, 1.807) is 31.4 Å². The SMILES string of the molecule is COc1ccc(S(=O)(=O)NC[C@H](c2ccc(N(C)C)cc2)N2CCc3ccccc3C2)cc1. The maximum absolute atomic E-state index is 13.0. The summed E-state index contributed by atoms with van der Waals surface area (Å²) in [6.45, 7) is 1.96. The Balaban J connectivity index is 1.58. The van der Waals surface area contributed by atoms with Crippen molar-refractivity contribution in [2.24, 2.45) is 0 Å². The van der Waals surface area contributed by atoms with Gasteiger partial charge in [-0.1, -0.05) is 36.4 Å². The second kappa shape index (κ2) is 9.95. The lowest BCUT2D eigenvalue weighted by Gasteiger charge is -2.36.